The number of piperidine rings is 1. The maximum atomic E-state index is 12.5. The standard InChI is InChI=1S/C17H24N2O5S/c1-25(21,22)19-9-6-14(7-10-19)24-16-5-3-2-4-15(16)17(20)18-13-8-11-23-12-13/h2-5,13-14H,6-12H2,1H3,(H,18,20)/t13-/m0/s1. The van der Waals surface area contributed by atoms with E-state index in [0.29, 0.717) is 50.5 Å². The second-order valence-electron chi connectivity index (χ2n) is 6.51. The molecule has 0 spiro atoms. The van der Waals surface area contributed by atoms with Gasteiger partial charge >= 0.3 is 0 Å². The lowest BCUT2D eigenvalue weighted by atomic mass is 10.1. The molecule has 2 aliphatic heterocycles. The molecule has 0 radical (unpaired) electrons. The van der Waals surface area contributed by atoms with E-state index in [0.717, 1.165) is 6.42 Å². The molecule has 1 aromatic rings. The number of sulfonamides is 1. The number of nitrogens with one attached hydrogen (secondary N) is 1. The van der Waals surface area contributed by atoms with E-state index in [9.17, 15) is 13.2 Å². The summed E-state index contributed by atoms with van der Waals surface area (Å²) in [5, 5.41) is 2.97. The molecule has 0 aromatic heterocycles. The molecule has 3 rings (SSSR count). The van der Waals surface area contributed by atoms with Crippen LogP contribution in [0.15, 0.2) is 24.3 Å². The Morgan fingerprint density at radius 2 is 1.96 bits per heavy atom. The number of benzene rings is 1. The zero-order valence-electron chi connectivity index (χ0n) is 14.3. The van der Waals surface area contributed by atoms with E-state index in [1.165, 1.54) is 10.6 Å². The highest BCUT2D eigenvalue weighted by molar-refractivity contribution is 7.88. The van der Waals surface area contributed by atoms with Gasteiger partial charge < -0.3 is 14.8 Å². The van der Waals surface area contributed by atoms with Crippen LogP contribution in [0.2, 0.25) is 0 Å². The van der Waals surface area contributed by atoms with Crippen LogP contribution in [0.5, 0.6) is 5.75 Å². The number of para-hydroxylation sites is 1. The number of nitrogens with zero attached hydrogens (tertiary/aromatic N) is 1. The van der Waals surface area contributed by atoms with E-state index in [1.54, 1.807) is 18.2 Å². The SMILES string of the molecule is CS(=O)(=O)N1CCC(Oc2ccccc2C(=O)N[C@H]2CCOC2)CC1. The van der Waals surface area contributed by atoms with Crippen molar-refractivity contribution >= 4 is 15.9 Å². The number of rotatable bonds is 5. The molecular weight excluding hydrogens is 344 g/mol. The Hall–Kier alpha value is -1.64. The van der Waals surface area contributed by atoms with E-state index in [4.69, 9.17) is 9.47 Å². The maximum absolute atomic E-state index is 12.5. The average molecular weight is 368 g/mol. The molecule has 1 atom stereocenters. The molecule has 2 fully saturated rings. The number of hydrogen-bond acceptors (Lipinski definition) is 5. The molecule has 0 saturated carbocycles. The smallest absolute Gasteiger partial charge is 0.255 e. The van der Waals surface area contributed by atoms with Gasteiger partial charge in [-0.1, -0.05) is 12.1 Å². The van der Waals surface area contributed by atoms with Gasteiger partial charge in [-0.25, -0.2) is 12.7 Å². The number of ether oxygens (including phenoxy) is 2. The van der Waals surface area contributed by atoms with Crippen molar-refractivity contribution in [2.75, 3.05) is 32.6 Å². The fraction of sp³-hybridized carbons (Fsp3) is 0.588. The van der Waals surface area contributed by atoms with Crippen LogP contribution in [-0.2, 0) is 14.8 Å². The first-order valence-electron chi connectivity index (χ1n) is 8.53. The Labute approximate surface area is 148 Å². The van der Waals surface area contributed by atoms with Gasteiger partial charge in [0.1, 0.15) is 11.9 Å². The fourth-order valence-electron chi connectivity index (χ4n) is 3.13. The summed E-state index contributed by atoms with van der Waals surface area (Å²) in [7, 11) is -3.16. The van der Waals surface area contributed by atoms with E-state index in [2.05, 4.69) is 5.32 Å². The Balaban J connectivity index is 1.62. The van der Waals surface area contributed by atoms with Crippen LogP contribution in [0.25, 0.3) is 0 Å². The quantitative estimate of drug-likeness (QED) is 0.838. The van der Waals surface area contributed by atoms with E-state index >= 15 is 0 Å². The minimum absolute atomic E-state index is 0.0403. The molecule has 0 bridgehead atoms. The van der Waals surface area contributed by atoms with Crippen LogP contribution in [-0.4, -0.2) is 63.3 Å². The van der Waals surface area contributed by atoms with Gasteiger partial charge in [0, 0.05) is 19.7 Å². The molecule has 138 valence electrons. The van der Waals surface area contributed by atoms with Gasteiger partial charge in [0.2, 0.25) is 10.0 Å². The van der Waals surface area contributed by atoms with Crippen molar-refractivity contribution in [3.05, 3.63) is 29.8 Å². The van der Waals surface area contributed by atoms with Gasteiger partial charge in [-0.3, -0.25) is 4.79 Å². The normalized spacial score (nSPS) is 22.7. The van der Waals surface area contributed by atoms with Crippen LogP contribution in [0.4, 0.5) is 0 Å². The second-order valence-corrected chi connectivity index (χ2v) is 8.49. The van der Waals surface area contributed by atoms with Gasteiger partial charge in [-0.2, -0.15) is 0 Å². The molecule has 7 nitrogen and oxygen atoms in total. The molecule has 1 aromatic carbocycles. The monoisotopic (exact) mass is 368 g/mol. The van der Waals surface area contributed by atoms with Crippen LogP contribution in [0.3, 0.4) is 0 Å². The molecule has 0 aliphatic carbocycles. The predicted octanol–water partition coefficient (Wildman–Crippen LogP) is 1.01. The fourth-order valence-corrected chi connectivity index (χ4v) is 4.00. The number of hydrogen-bond donors (Lipinski definition) is 1. The first-order chi connectivity index (χ1) is 11.9. The highest BCUT2D eigenvalue weighted by Gasteiger charge is 2.27. The average Bonchev–Trinajstić information content (AvgIpc) is 3.08. The van der Waals surface area contributed by atoms with Crippen molar-refractivity contribution in [2.24, 2.45) is 0 Å². The zero-order valence-corrected chi connectivity index (χ0v) is 15.1. The minimum atomic E-state index is -3.16. The largest absolute Gasteiger partial charge is 0.489 e. The lowest BCUT2D eigenvalue weighted by molar-refractivity contribution is 0.0915. The van der Waals surface area contributed by atoms with Crippen molar-refractivity contribution < 1.29 is 22.7 Å². The summed E-state index contributed by atoms with van der Waals surface area (Å²) < 4.78 is 35.9. The van der Waals surface area contributed by atoms with E-state index in [1.807, 2.05) is 6.07 Å². The molecule has 2 heterocycles. The van der Waals surface area contributed by atoms with Gasteiger partial charge in [-0.05, 0) is 31.4 Å². The Morgan fingerprint density at radius 1 is 1.24 bits per heavy atom. The molecule has 25 heavy (non-hydrogen) atoms. The van der Waals surface area contributed by atoms with Crippen LogP contribution < -0.4 is 10.1 Å². The predicted molar refractivity (Wildman–Crippen MR) is 93.2 cm³/mol. The van der Waals surface area contributed by atoms with Crippen LogP contribution in [0, 0.1) is 0 Å². The van der Waals surface area contributed by atoms with E-state index in [-0.39, 0.29) is 18.1 Å². The number of amides is 1. The third-order valence-electron chi connectivity index (χ3n) is 4.56. The first kappa shape index (κ1) is 18.2. The lowest BCUT2D eigenvalue weighted by Crippen LogP contribution is -2.41. The highest BCUT2D eigenvalue weighted by atomic mass is 32.2. The molecule has 0 unspecified atom stereocenters. The molecule has 1 N–H and O–H groups in total. The summed E-state index contributed by atoms with van der Waals surface area (Å²) >= 11 is 0. The Morgan fingerprint density at radius 3 is 2.60 bits per heavy atom. The summed E-state index contributed by atoms with van der Waals surface area (Å²) in [6.07, 6.45) is 3.17. The summed E-state index contributed by atoms with van der Waals surface area (Å²) in [4.78, 5) is 12.5. The molecule has 8 heteroatoms. The van der Waals surface area contributed by atoms with Gasteiger partial charge in [0.05, 0.1) is 24.5 Å². The number of carbonyl (C=O) groups excluding carboxylic acids is 1. The summed E-state index contributed by atoms with van der Waals surface area (Å²) in [5.41, 5.74) is 0.500. The lowest BCUT2D eigenvalue weighted by Gasteiger charge is -2.30. The van der Waals surface area contributed by atoms with Crippen LogP contribution >= 0.6 is 0 Å². The number of carbonyl (C=O) groups is 1. The van der Waals surface area contributed by atoms with Crippen LogP contribution in [0.1, 0.15) is 29.6 Å². The molecule has 2 aliphatic rings. The second kappa shape index (κ2) is 7.72. The minimum Gasteiger partial charge on any atom is -0.489 e. The molecular formula is C17H24N2O5S. The highest BCUT2D eigenvalue weighted by Crippen LogP contribution is 2.24. The summed E-state index contributed by atoms with van der Waals surface area (Å²) in [5.74, 6) is 0.372. The van der Waals surface area contributed by atoms with Crippen molar-refractivity contribution in [1.29, 1.82) is 0 Å². The first-order valence-corrected chi connectivity index (χ1v) is 10.4. The molecule has 2 saturated heterocycles. The third kappa shape index (κ3) is 4.71. The van der Waals surface area contributed by atoms with Crippen molar-refractivity contribution in [3.63, 3.8) is 0 Å². The Bertz CT molecular complexity index is 708. The zero-order chi connectivity index (χ0) is 17.9. The van der Waals surface area contributed by atoms with E-state index < -0.39 is 10.0 Å². The van der Waals surface area contributed by atoms with Gasteiger partial charge in [-0.15, -0.1) is 0 Å². The topological polar surface area (TPSA) is 84.9 Å². The van der Waals surface area contributed by atoms with Crippen molar-refractivity contribution in [1.82, 2.24) is 9.62 Å². The maximum Gasteiger partial charge on any atom is 0.255 e. The van der Waals surface area contributed by atoms with Gasteiger partial charge in [0.25, 0.3) is 5.91 Å². The molecule has 1 amide bonds. The van der Waals surface area contributed by atoms with Crippen molar-refractivity contribution in [2.45, 2.75) is 31.4 Å². The summed E-state index contributed by atoms with van der Waals surface area (Å²) in [6.45, 7) is 2.09. The Kier molecular flexibility index (Phi) is 5.61. The summed E-state index contributed by atoms with van der Waals surface area (Å²) in [6, 6.07) is 7.20. The third-order valence-corrected chi connectivity index (χ3v) is 5.86. The van der Waals surface area contributed by atoms with Gasteiger partial charge in [0.15, 0.2) is 0 Å². The van der Waals surface area contributed by atoms with Crippen molar-refractivity contribution in [3.8, 4) is 5.75 Å².